The topological polar surface area (TPSA) is 83.3 Å². The summed E-state index contributed by atoms with van der Waals surface area (Å²) in [7, 11) is 0. The zero-order valence-electron chi connectivity index (χ0n) is 20.8. The number of fused-ring (bicyclic) bond motifs is 5. The number of amides is 2. The van der Waals surface area contributed by atoms with Gasteiger partial charge in [-0.25, -0.2) is 9.78 Å². The number of hydrogen-bond acceptors (Lipinski definition) is 4. The van der Waals surface area contributed by atoms with Gasteiger partial charge in [-0.05, 0) is 50.1 Å². The molecule has 2 aromatic heterocycles. The molecule has 4 heterocycles. The maximum atomic E-state index is 13.0. The standard InChI is InChI=1S/C29H31N5O2/c1-29(2,3)32-28(36)33-15-22-23(16-33)27-31-24-12-10-19(20-9-11-21(17-35)30-14-20)13-25(24)34(27)26(22)18-7-5-4-6-8-18/h4-14,22-23,26,35H,15-17H2,1-3H3,(H,32,36)/t22-,23+,26-/m0/s1. The number of aromatic nitrogens is 3. The zero-order chi connectivity index (χ0) is 25.0. The van der Waals surface area contributed by atoms with E-state index in [1.165, 1.54) is 5.56 Å². The summed E-state index contributed by atoms with van der Waals surface area (Å²) in [6.07, 6.45) is 1.81. The molecule has 0 radical (unpaired) electrons. The van der Waals surface area contributed by atoms with Gasteiger partial charge < -0.3 is 19.9 Å². The van der Waals surface area contributed by atoms with Crippen LogP contribution in [-0.2, 0) is 6.61 Å². The van der Waals surface area contributed by atoms with E-state index < -0.39 is 0 Å². The van der Waals surface area contributed by atoms with Crippen LogP contribution in [0.5, 0.6) is 0 Å². The van der Waals surface area contributed by atoms with Crippen LogP contribution in [0.4, 0.5) is 4.79 Å². The molecule has 2 aliphatic rings. The van der Waals surface area contributed by atoms with Crippen LogP contribution in [-0.4, -0.2) is 49.2 Å². The third kappa shape index (κ3) is 3.84. The van der Waals surface area contributed by atoms with Crippen molar-refractivity contribution in [3.8, 4) is 11.1 Å². The van der Waals surface area contributed by atoms with Gasteiger partial charge in [-0.3, -0.25) is 4.98 Å². The SMILES string of the molecule is CC(C)(C)NC(=O)N1C[C@H]2[C@@H](C1)c1nc3ccc(-c4ccc(CO)nc4)cc3n1[C@H]2c1ccccc1. The summed E-state index contributed by atoms with van der Waals surface area (Å²) in [5.41, 5.74) is 5.75. The highest BCUT2D eigenvalue weighted by molar-refractivity contribution is 5.83. The lowest BCUT2D eigenvalue weighted by atomic mass is 9.88. The fourth-order valence-electron chi connectivity index (χ4n) is 5.76. The molecule has 36 heavy (non-hydrogen) atoms. The van der Waals surface area contributed by atoms with Crippen LogP contribution in [0.25, 0.3) is 22.2 Å². The molecular formula is C29H31N5O2. The molecule has 4 aromatic rings. The van der Waals surface area contributed by atoms with Gasteiger partial charge >= 0.3 is 6.03 Å². The van der Waals surface area contributed by atoms with Gasteiger partial charge in [0.15, 0.2) is 0 Å². The van der Waals surface area contributed by atoms with Crippen molar-refractivity contribution in [3.05, 3.63) is 83.9 Å². The van der Waals surface area contributed by atoms with Crippen LogP contribution in [0.1, 0.15) is 49.8 Å². The number of carbonyl (C=O) groups excluding carboxylic acids is 1. The second kappa shape index (κ2) is 8.45. The van der Waals surface area contributed by atoms with Gasteiger partial charge in [0.1, 0.15) is 5.82 Å². The molecule has 0 bridgehead atoms. The number of carbonyl (C=O) groups is 1. The van der Waals surface area contributed by atoms with Gasteiger partial charge in [-0.15, -0.1) is 0 Å². The maximum absolute atomic E-state index is 13.0. The second-order valence-electron chi connectivity index (χ2n) is 11.0. The van der Waals surface area contributed by atoms with E-state index in [0.29, 0.717) is 18.8 Å². The van der Waals surface area contributed by atoms with Crippen LogP contribution >= 0.6 is 0 Å². The van der Waals surface area contributed by atoms with Crippen molar-refractivity contribution in [1.29, 1.82) is 0 Å². The first kappa shape index (κ1) is 22.7. The van der Waals surface area contributed by atoms with E-state index >= 15 is 0 Å². The normalized spacial score (nSPS) is 21.0. The molecule has 1 saturated heterocycles. The third-order valence-electron chi connectivity index (χ3n) is 7.33. The molecule has 0 spiro atoms. The lowest BCUT2D eigenvalue weighted by molar-refractivity contribution is 0.195. The molecule has 2 N–H and O–H groups in total. The molecule has 0 saturated carbocycles. The van der Waals surface area contributed by atoms with E-state index in [-0.39, 0.29) is 36.1 Å². The highest BCUT2D eigenvalue weighted by Gasteiger charge is 2.50. The summed E-state index contributed by atoms with van der Waals surface area (Å²) < 4.78 is 2.40. The Balaban J connectivity index is 1.43. The molecule has 184 valence electrons. The quantitative estimate of drug-likeness (QED) is 0.444. The lowest BCUT2D eigenvalue weighted by Crippen LogP contribution is -2.48. The Kier molecular flexibility index (Phi) is 5.34. The van der Waals surface area contributed by atoms with Crippen molar-refractivity contribution >= 4 is 17.1 Å². The fourth-order valence-corrected chi connectivity index (χ4v) is 5.76. The van der Waals surface area contributed by atoms with Crippen molar-refractivity contribution in [2.24, 2.45) is 5.92 Å². The predicted octanol–water partition coefficient (Wildman–Crippen LogP) is 4.72. The Morgan fingerprint density at radius 2 is 1.83 bits per heavy atom. The summed E-state index contributed by atoms with van der Waals surface area (Å²) in [6.45, 7) is 7.33. The van der Waals surface area contributed by atoms with Gasteiger partial charge in [0.05, 0.1) is 29.4 Å². The van der Waals surface area contributed by atoms with Gasteiger partial charge in [0.2, 0.25) is 0 Å². The Hall–Kier alpha value is -3.71. The number of aliphatic hydroxyl groups excluding tert-OH is 1. The average Bonchev–Trinajstić information content (AvgIpc) is 3.53. The fraction of sp³-hybridized carbons (Fsp3) is 0.345. The Morgan fingerprint density at radius 3 is 2.53 bits per heavy atom. The van der Waals surface area contributed by atoms with Crippen LogP contribution in [0.2, 0.25) is 0 Å². The smallest absolute Gasteiger partial charge is 0.317 e. The van der Waals surface area contributed by atoms with Gasteiger partial charge in [0.25, 0.3) is 0 Å². The molecule has 7 heteroatoms. The second-order valence-corrected chi connectivity index (χ2v) is 11.0. The highest BCUT2D eigenvalue weighted by Crippen LogP contribution is 2.50. The van der Waals surface area contributed by atoms with E-state index in [1.54, 1.807) is 0 Å². The minimum absolute atomic E-state index is 0.00696. The molecule has 0 aliphatic carbocycles. The van der Waals surface area contributed by atoms with Crippen molar-refractivity contribution in [2.75, 3.05) is 13.1 Å². The number of imidazole rings is 1. The van der Waals surface area contributed by atoms with E-state index in [9.17, 15) is 9.90 Å². The van der Waals surface area contributed by atoms with Crippen LogP contribution in [0.3, 0.4) is 0 Å². The first-order chi connectivity index (χ1) is 17.3. The third-order valence-corrected chi connectivity index (χ3v) is 7.33. The van der Waals surface area contributed by atoms with E-state index in [0.717, 1.165) is 28.0 Å². The number of pyridine rings is 1. The lowest BCUT2D eigenvalue weighted by Gasteiger charge is -2.27. The van der Waals surface area contributed by atoms with Crippen molar-refractivity contribution < 1.29 is 9.90 Å². The summed E-state index contributed by atoms with van der Waals surface area (Å²) in [6, 6.07) is 20.9. The number of nitrogens with zero attached hydrogens (tertiary/aromatic N) is 4. The van der Waals surface area contributed by atoms with E-state index in [4.69, 9.17) is 4.98 Å². The number of rotatable bonds is 3. The number of nitrogens with one attached hydrogen (secondary N) is 1. The summed E-state index contributed by atoms with van der Waals surface area (Å²) >= 11 is 0. The highest BCUT2D eigenvalue weighted by atomic mass is 16.3. The van der Waals surface area contributed by atoms with Crippen LogP contribution in [0, 0.1) is 5.92 Å². The number of urea groups is 1. The molecule has 2 aliphatic heterocycles. The summed E-state index contributed by atoms with van der Waals surface area (Å²) in [4.78, 5) is 24.4. The Labute approximate surface area is 210 Å². The first-order valence-electron chi connectivity index (χ1n) is 12.5. The molecule has 0 unspecified atom stereocenters. The molecular weight excluding hydrogens is 450 g/mol. The van der Waals surface area contributed by atoms with E-state index in [2.05, 4.69) is 57.3 Å². The largest absolute Gasteiger partial charge is 0.390 e. The van der Waals surface area contributed by atoms with Gasteiger partial charge in [-0.2, -0.15) is 0 Å². The van der Waals surface area contributed by atoms with Crippen molar-refractivity contribution in [1.82, 2.24) is 24.8 Å². The average molecular weight is 482 g/mol. The van der Waals surface area contributed by atoms with Crippen molar-refractivity contribution in [3.63, 3.8) is 0 Å². The molecule has 6 rings (SSSR count). The monoisotopic (exact) mass is 481 g/mol. The minimum Gasteiger partial charge on any atom is -0.390 e. The summed E-state index contributed by atoms with van der Waals surface area (Å²) in [5, 5.41) is 12.5. The molecule has 3 atom stereocenters. The number of benzene rings is 2. The Morgan fingerprint density at radius 1 is 1.06 bits per heavy atom. The molecule has 7 nitrogen and oxygen atoms in total. The maximum Gasteiger partial charge on any atom is 0.317 e. The van der Waals surface area contributed by atoms with Crippen LogP contribution in [0.15, 0.2) is 66.9 Å². The summed E-state index contributed by atoms with van der Waals surface area (Å²) in [5.74, 6) is 1.50. The number of likely N-dealkylation sites (tertiary alicyclic amines) is 1. The van der Waals surface area contributed by atoms with E-state index in [1.807, 2.05) is 50.1 Å². The number of hydrogen-bond donors (Lipinski definition) is 2. The van der Waals surface area contributed by atoms with Crippen LogP contribution < -0.4 is 5.32 Å². The number of aliphatic hydroxyl groups is 1. The molecule has 2 amide bonds. The van der Waals surface area contributed by atoms with Gasteiger partial charge in [0, 0.05) is 42.2 Å². The zero-order valence-corrected chi connectivity index (χ0v) is 20.8. The van der Waals surface area contributed by atoms with Gasteiger partial charge in [-0.1, -0.05) is 42.5 Å². The Bertz CT molecular complexity index is 1420. The molecule has 1 fully saturated rings. The van der Waals surface area contributed by atoms with Crippen molar-refractivity contribution in [2.45, 2.75) is 44.9 Å². The minimum atomic E-state index is -0.276. The predicted molar refractivity (Wildman–Crippen MR) is 140 cm³/mol. The first-order valence-corrected chi connectivity index (χ1v) is 12.5. The molecule has 2 aromatic carbocycles.